The van der Waals surface area contributed by atoms with E-state index in [-0.39, 0.29) is 0 Å². The van der Waals surface area contributed by atoms with Gasteiger partial charge in [-0.2, -0.15) is 0 Å². The average Bonchev–Trinajstić information content (AvgIpc) is 2.61. The first-order valence-corrected chi connectivity index (χ1v) is 5.30. The van der Waals surface area contributed by atoms with Crippen molar-refractivity contribution in [1.29, 1.82) is 0 Å². The molecule has 0 bridgehead atoms. The number of thiazole rings is 1. The van der Waals surface area contributed by atoms with Gasteiger partial charge < -0.3 is 5.32 Å². The van der Waals surface area contributed by atoms with E-state index >= 15 is 0 Å². The number of pyridine rings is 1. The Balaban J connectivity index is 2.24. The molecular formula is C8H6BrN3S. The van der Waals surface area contributed by atoms with Gasteiger partial charge in [0, 0.05) is 17.8 Å². The maximum Gasteiger partial charge on any atom is 0.188 e. The highest BCUT2D eigenvalue weighted by Crippen LogP contribution is 2.23. The van der Waals surface area contributed by atoms with Gasteiger partial charge in [-0.1, -0.05) is 0 Å². The molecule has 0 saturated heterocycles. The first-order chi connectivity index (χ1) is 6.36. The summed E-state index contributed by atoms with van der Waals surface area (Å²) in [5.74, 6) is 0.789. The molecule has 0 spiro atoms. The predicted molar refractivity (Wildman–Crippen MR) is 57.3 cm³/mol. The van der Waals surface area contributed by atoms with Crippen molar-refractivity contribution in [1.82, 2.24) is 9.97 Å². The van der Waals surface area contributed by atoms with Gasteiger partial charge in [-0.3, -0.25) is 0 Å². The summed E-state index contributed by atoms with van der Waals surface area (Å²) in [6.45, 7) is 0. The Labute approximate surface area is 88.0 Å². The predicted octanol–water partition coefficient (Wildman–Crippen LogP) is 3.04. The molecule has 0 aromatic carbocycles. The maximum atomic E-state index is 4.16. The average molecular weight is 256 g/mol. The van der Waals surface area contributed by atoms with E-state index < -0.39 is 0 Å². The van der Waals surface area contributed by atoms with Gasteiger partial charge >= 0.3 is 0 Å². The lowest BCUT2D eigenvalue weighted by Crippen LogP contribution is -1.92. The zero-order valence-electron chi connectivity index (χ0n) is 6.57. The van der Waals surface area contributed by atoms with Crippen LogP contribution in [-0.2, 0) is 0 Å². The number of halogens is 1. The van der Waals surface area contributed by atoms with Crippen LogP contribution >= 0.6 is 27.3 Å². The van der Waals surface area contributed by atoms with Crippen LogP contribution in [0.25, 0.3) is 0 Å². The summed E-state index contributed by atoms with van der Waals surface area (Å²) in [6.07, 6.45) is 3.49. The van der Waals surface area contributed by atoms with E-state index in [0.717, 1.165) is 15.4 Å². The highest BCUT2D eigenvalue weighted by molar-refractivity contribution is 9.10. The Morgan fingerprint density at radius 1 is 1.31 bits per heavy atom. The van der Waals surface area contributed by atoms with Crippen molar-refractivity contribution < 1.29 is 0 Å². The van der Waals surface area contributed by atoms with Gasteiger partial charge in [-0.15, -0.1) is 11.3 Å². The second-order valence-corrected chi connectivity index (χ2v) is 4.04. The second-order valence-electron chi connectivity index (χ2n) is 2.30. The quantitative estimate of drug-likeness (QED) is 0.897. The summed E-state index contributed by atoms with van der Waals surface area (Å²) in [6, 6.07) is 3.81. The second kappa shape index (κ2) is 3.85. The Morgan fingerprint density at radius 2 is 2.23 bits per heavy atom. The zero-order valence-corrected chi connectivity index (χ0v) is 8.97. The Kier molecular flexibility index (Phi) is 2.56. The molecule has 3 nitrogen and oxygen atoms in total. The van der Waals surface area contributed by atoms with Crippen molar-refractivity contribution >= 4 is 38.2 Å². The molecule has 0 atom stereocenters. The van der Waals surface area contributed by atoms with E-state index in [1.165, 1.54) is 0 Å². The number of hydrogen-bond acceptors (Lipinski definition) is 4. The van der Waals surface area contributed by atoms with Gasteiger partial charge in [-0.05, 0) is 28.1 Å². The minimum atomic E-state index is 0.789. The standard InChI is InChI=1S/C8H6BrN3S/c9-6-2-1-3-10-7(6)12-8-11-4-5-13-8/h1-5H,(H,10,11,12). The SMILES string of the molecule is Brc1cccnc1Nc1nccs1. The van der Waals surface area contributed by atoms with Crippen molar-refractivity contribution in [2.75, 3.05) is 5.32 Å². The van der Waals surface area contributed by atoms with E-state index in [1.807, 2.05) is 17.5 Å². The lowest BCUT2D eigenvalue weighted by atomic mass is 10.5. The van der Waals surface area contributed by atoms with Crippen molar-refractivity contribution in [3.05, 3.63) is 34.4 Å². The minimum absolute atomic E-state index is 0.789. The summed E-state index contributed by atoms with van der Waals surface area (Å²) < 4.78 is 0.935. The van der Waals surface area contributed by atoms with Crippen LogP contribution < -0.4 is 5.32 Å². The molecule has 0 radical (unpaired) electrons. The van der Waals surface area contributed by atoms with Crippen LogP contribution in [0.3, 0.4) is 0 Å². The van der Waals surface area contributed by atoms with Crippen LogP contribution in [-0.4, -0.2) is 9.97 Å². The third-order valence-corrected chi connectivity index (χ3v) is 2.74. The number of nitrogens with zero attached hydrogens (tertiary/aromatic N) is 2. The van der Waals surface area contributed by atoms with E-state index in [9.17, 15) is 0 Å². The molecule has 0 saturated carbocycles. The fraction of sp³-hybridized carbons (Fsp3) is 0. The van der Waals surface area contributed by atoms with Crippen molar-refractivity contribution in [3.8, 4) is 0 Å². The molecular weight excluding hydrogens is 250 g/mol. The molecule has 0 aliphatic rings. The summed E-state index contributed by atoms with van der Waals surface area (Å²) in [4.78, 5) is 8.26. The van der Waals surface area contributed by atoms with Crippen LogP contribution in [0.1, 0.15) is 0 Å². The molecule has 2 aromatic heterocycles. The third-order valence-electron chi connectivity index (χ3n) is 1.42. The Hall–Kier alpha value is -0.940. The van der Waals surface area contributed by atoms with Gasteiger partial charge in [0.15, 0.2) is 5.13 Å². The van der Waals surface area contributed by atoms with Gasteiger partial charge in [0.1, 0.15) is 5.82 Å². The van der Waals surface area contributed by atoms with E-state index in [2.05, 4.69) is 31.2 Å². The summed E-state index contributed by atoms with van der Waals surface area (Å²) in [7, 11) is 0. The smallest absolute Gasteiger partial charge is 0.188 e. The molecule has 2 rings (SSSR count). The number of rotatable bonds is 2. The minimum Gasteiger partial charge on any atom is -0.315 e. The molecule has 0 unspecified atom stereocenters. The van der Waals surface area contributed by atoms with Crippen LogP contribution in [0, 0.1) is 0 Å². The molecule has 0 aliphatic heterocycles. The van der Waals surface area contributed by atoms with Gasteiger partial charge in [0.25, 0.3) is 0 Å². The van der Waals surface area contributed by atoms with Crippen LogP contribution in [0.2, 0.25) is 0 Å². The zero-order chi connectivity index (χ0) is 9.10. The van der Waals surface area contributed by atoms with Gasteiger partial charge in [0.2, 0.25) is 0 Å². The summed E-state index contributed by atoms with van der Waals surface area (Å²) in [5.41, 5.74) is 0. The van der Waals surface area contributed by atoms with E-state index in [4.69, 9.17) is 0 Å². The van der Waals surface area contributed by atoms with Crippen molar-refractivity contribution in [2.45, 2.75) is 0 Å². The summed E-state index contributed by atoms with van der Waals surface area (Å²) in [5, 5.41) is 5.86. The molecule has 66 valence electrons. The van der Waals surface area contributed by atoms with Crippen molar-refractivity contribution in [3.63, 3.8) is 0 Å². The third kappa shape index (κ3) is 2.05. The highest BCUT2D eigenvalue weighted by Gasteiger charge is 2.00. The van der Waals surface area contributed by atoms with Crippen LogP contribution in [0.4, 0.5) is 10.9 Å². The molecule has 5 heteroatoms. The monoisotopic (exact) mass is 255 g/mol. The number of hydrogen-bond donors (Lipinski definition) is 1. The normalized spacial score (nSPS) is 9.92. The number of nitrogens with one attached hydrogen (secondary N) is 1. The molecule has 2 heterocycles. The number of anilines is 2. The topological polar surface area (TPSA) is 37.8 Å². The van der Waals surface area contributed by atoms with E-state index in [0.29, 0.717) is 0 Å². The highest BCUT2D eigenvalue weighted by atomic mass is 79.9. The molecule has 1 N–H and O–H groups in total. The summed E-state index contributed by atoms with van der Waals surface area (Å²) >= 11 is 4.94. The fourth-order valence-electron chi connectivity index (χ4n) is 0.864. The Morgan fingerprint density at radius 3 is 2.92 bits per heavy atom. The number of aromatic nitrogens is 2. The molecule has 0 fully saturated rings. The van der Waals surface area contributed by atoms with Crippen LogP contribution in [0.5, 0.6) is 0 Å². The lowest BCUT2D eigenvalue weighted by molar-refractivity contribution is 1.27. The molecule has 0 amide bonds. The fourth-order valence-corrected chi connectivity index (χ4v) is 1.75. The Bertz CT molecular complexity index is 388. The van der Waals surface area contributed by atoms with Crippen molar-refractivity contribution in [2.24, 2.45) is 0 Å². The van der Waals surface area contributed by atoms with Gasteiger partial charge in [-0.25, -0.2) is 9.97 Å². The molecule has 2 aromatic rings. The first kappa shape index (κ1) is 8.65. The molecule has 13 heavy (non-hydrogen) atoms. The maximum absolute atomic E-state index is 4.16. The van der Waals surface area contributed by atoms with Crippen LogP contribution in [0.15, 0.2) is 34.4 Å². The first-order valence-electron chi connectivity index (χ1n) is 3.63. The lowest BCUT2D eigenvalue weighted by Gasteiger charge is -2.02. The van der Waals surface area contributed by atoms with E-state index in [1.54, 1.807) is 23.7 Å². The largest absolute Gasteiger partial charge is 0.315 e. The van der Waals surface area contributed by atoms with Gasteiger partial charge in [0.05, 0.1) is 4.47 Å². The molecule has 0 aliphatic carbocycles.